The molecule has 0 saturated heterocycles. The van der Waals surface area contributed by atoms with E-state index in [0.717, 1.165) is 6.42 Å². The summed E-state index contributed by atoms with van der Waals surface area (Å²) in [5.41, 5.74) is -0.280. The lowest BCUT2D eigenvalue weighted by molar-refractivity contribution is -0.398. The highest BCUT2D eigenvalue weighted by molar-refractivity contribution is 5.05. The minimum atomic E-state index is -0.525. The molecule has 0 aliphatic rings. The maximum atomic E-state index is 10.5. The van der Waals surface area contributed by atoms with E-state index in [-0.39, 0.29) is 18.3 Å². The zero-order chi connectivity index (χ0) is 11.5. The van der Waals surface area contributed by atoms with Crippen molar-refractivity contribution in [2.24, 2.45) is 0 Å². The summed E-state index contributed by atoms with van der Waals surface area (Å²) in [5, 5.41) is 10.5. The number of rotatable bonds is 5. The van der Waals surface area contributed by atoms with Gasteiger partial charge < -0.3 is 14.9 Å². The number of aromatic nitrogens is 2. The average molecular weight is 213 g/mol. The van der Waals surface area contributed by atoms with E-state index in [1.165, 1.54) is 17.0 Å². The fraction of sp³-hybridized carbons (Fsp3) is 0.667. The first-order chi connectivity index (χ1) is 6.96. The van der Waals surface area contributed by atoms with Gasteiger partial charge in [-0.2, -0.15) is 0 Å². The van der Waals surface area contributed by atoms with E-state index in [4.69, 9.17) is 4.74 Å². The molecule has 1 rings (SSSR count). The first-order valence-corrected chi connectivity index (χ1v) is 4.76. The molecule has 0 N–H and O–H groups in total. The van der Waals surface area contributed by atoms with Gasteiger partial charge in [0, 0.05) is 0 Å². The topological polar surface area (TPSA) is 70.2 Å². The summed E-state index contributed by atoms with van der Waals surface area (Å²) in [6, 6.07) is 0. The lowest BCUT2D eigenvalue weighted by Crippen LogP contribution is -2.24. The molecule has 84 valence electrons. The van der Waals surface area contributed by atoms with Crippen molar-refractivity contribution in [2.75, 3.05) is 0 Å². The van der Waals surface area contributed by atoms with Crippen LogP contribution in [0.4, 0.5) is 5.95 Å². The Bertz CT molecular complexity index is 346. The van der Waals surface area contributed by atoms with Crippen molar-refractivity contribution in [3.8, 4) is 0 Å². The van der Waals surface area contributed by atoms with Crippen molar-refractivity contribution in [2.45, 2.75) is 39.5 Å². The molecular formula is C9H15N3O3. The van der Waals surface area contributed by atoms with Crippen LogP contribution in [0.1, 0.15) is 27.2 Å². The second-order valence-corrected chi connectivity index (χ2v) is 3.84. The Morgan fingerprint density at radius 1 is 1.67 bits per heavy atom. The lowest BCUT2D eigenvalue weighted by atomic mass is 10.1. The number of hydrogen-bond donors (Lipinski definition) is 0. The van der Waals surface area contributed by atoms with Gasteiger partial charge in [0.2, 0.25) is 0 Å². The Kier molecular flexibility index (Phi) is 3.41. The van der Waals surface area contributed by atoms with Gasteiger partial charge in [0.1, 0.15) is 12.4 Å². The quantitative estimate of drug-likeness (QED) is 0.553. The van der Waals surface area contributed by atoms with Crippen molar-refractivity contribution in [3.05, 3.63) is 22.5 Å². The van der Waals surface area contributed by atoms with Crippen LogP contribution in [0.5, 0.6) is 0 Å². The first kappa shape index (κ1) is 11.6. The number of nitrogens with zero attached hydrogens (tertiary/aromatic N) is 3. The molecule has 1 aromatic heterocycles. The molecule has 0 radical (unpaired) electrons. The van der Waals surface area contributed by atoms with Gasteiger partial charge in [-0.25, -0.2) is 4.57 Å². The minimum Gasteiger partial charge on any atom is -0.390 e. The van der Waals surface area contributed by atoms with Crippen molar-refractivity contribution < 1.29 is 9.66 Å². The van der Waals surface area contributed by atoms with Gasteiger partial charge in [0.15, 0.2) is 6.73 Å². The van der Waals surface area contributed by atoms with Crippen LogP contribution in [-0.4, -0.2) is 20.1 Å². The van der Waals surface area contributed by atoms with Gasteiger partial charge in [0.05, 0.1) is 5.60 Å². The highest BCUT2D eigenvalue weighted by Gasteiger charge is 2.19. The zero-order valence-electron chi connectivity index (χ0n) is 9.14. The van der Waals surface area contributed by atoms with Crippen LogP contribution in [0.25, 0.3) is 0 Å². The third-order valence-corrected chi connectivity index (χ3v) is 2.30. The molecule has 0 unspecified atom stereocenters. The van der Waals surface area contributed by atoms with E-state index in [1.807, 2.05) is 20.8 Å². The standard InChI is InChI=1S/C9H15N3O3/c1-4-9(2,3)15-7-11-6-5-10-8(11)12(13)14/h5-6H,4,7H2,1-3H3. The van der Waals surface area contributed by atoms with E-state index >= 15 is 0 Å². The summed E-state index contributed by atoms with van der Waals surface area (Å²) < 4.78 is 6.90. The van der Waals surface area contributed by atoms with Gasteiger partial charge in [-0.1, -0.05) is 11.9 Å². The third kappa shape index (κ3) is 3.02. The van der Waals surface area contributed by atoms with Crippen LogP contribution in [0.15, 0.2) is 12.4 Å². The fourth-order valence-corrected chi connectivity index (χ4v) is 0.920. The number of ether oxygens (including phenoxy) is 1. The van der Waals surface area contributed by atoms with Crippen molar-refractivity contribution in [1.29, 1.82) is 0 Å². The van der Waals surface area contributed by atoms with Crippen molar-refractivity contribution >= 4 is 5.95 Å². The Labute approximate surface area is 88.0 Å². The van der Waals surface area contributed by atoms with E-state index < -0.39 is 4.92 Å². The smallest absolute Gasteiger partial charge is 0.390 e. The van der Waals surface area contributed by atoms with Crippen LogP contribution >= 0.6 is 0 Å². The van der Waals surface area contributed by atoms with Crippen LogP contribution in [0.2, 0.25) is 0 Å². The molecule has 0 amide bonds. The second kappa shape index (κ2) is 4.39. The summed E-state index contributed by atoms with van der Waals surface area (Å²) in [6.45, 7) is 6.03. The van der Waals surface area contributed by atoms with Gasteiger partial charge in [0.25, 0.3) is 0 Å². The lowest BCUT2D eigenvalue weighted by Gasteiger charge is -2.22. The largest absolute Gasteiger partial charge is 0.436 e. The summed E-state index contributed by atoms with van der Waals surface area (Å²) >= 11 is 0. The third-order valence-electron chi connectivity index (χ3n) is 2.30. The molecule has 6 heteroatoms. The van der Waals surface area contributed by atoms with Crippen molar-refractivity contribution in [3.63, 3.8) is 0 Å². The Balaban J connectivity index is 2.65. The molecule has 15 heavy (non-hydrogen) atoms. The molecule has 0 aromatic carbocycles. The SMILES string of the molecule is CCC(C)(C)OCn1ccnc1[N+](=O)[O-]. The van der Waals surface area contributed by atoms with Crippen LogP contribution < -0.4 is 0 Å². The molecule has 1 aromatic rings. The molecule has 1 heterocycles. The van der Waals surface area contributed by atoms with Crippen LogP contribution in [0, 0.1) is 10.1 Å². The first-order valence-electron chi connectivity index (χ1n) is 4.76. The Morgan fingerprint density at radius 3 is 2.87 bits per heavy atom. The van der Waals surface area contributed by atoms with Crippen LogP contribution in [-0.2, 0) is 11.5 Å². The molecule has 0 saturated carbocycles. The molecule has 0 spiro atoms. The molecular weight excluding hydrogens is 198 g/mol. The number of nitro groups is 1. The Morgan fingerprint density at radius 2 is 2.33 bits per heavy atom. The monoisotopic (exact) mass is 213 g/mol. The maximum Gasteiger partial charge on any atom is 0.436 e. The number of imidazole rings is 1. The maximum absolute atomic E-state index is 10.5. The van der Waals surface area contributed by atoms with E-state index in [0.29, 0.717) is 0 Å². The van der Waals surface area contributed by atoms with Crippen molar-refractivity contribution in [1.82, 2.24) is 9.55 Å². The van der Waals surface area contributed by atoms with Gasteiger partial charge in [-0.05, 0) is 25.2 Å². The zero-order valence-corrected chi connectivity index (χ0v) is 9.14. The van der Waals surface area contributed by atoms with Gasteiger partial charge in [-0.3, -0.25) is 0 Å². The minimum absolute atomic E-state index is 0.150. The molecule has 0 bridgehead atoms. The van der Waals surface area contributed by atoms with E-state index in [9.17, 15) is 10.1 Å². The van der Waals surface area contributed by atoms with Crippen LogP contribution in [0.3, 0.4) is 0 Å². The predicted octanol–water partition coefficient (Wildman–Crippen LogP) is 1.95. The average Bonchev–Trinajstić information content (AvgIpc) is 2.63. The predicted molar refractivity (Wildman–Crippen MR) is 54.3 cm³/mol. The molecule has 0 fully saturated rings. The summed E-state index contributed by atoms with van der Waals surface area (Å²) in [4.78, 5) is 13.6. The molecule has 0 aliphatic heterocycles. The summed E-state index contributed by atoms with van der Waals surface area (Å²) in [6.07, 6.45) is 3.76. The highest BCUT2D eigenvalue weighted by Crippen LogP contribution is 2.16. The van der Waals surface area contributed by atoms with E-state index in [2.05, 4.69) is 4.98 Å². The Hall–Kier alpha value is -1.43. The molecule has 0 atom stereocenters. The second-order valence-electron chi connectivity index (χ2n) is 3.84. The fourth-order valence-electron chi connectivity index (χ4n) is 0.920. The summed E-state index contributed by atoms with van der Waals surface area (Å²) in [5.74, 6) is -0.193. The molecule has 0 aliphatic carbocycles. The van der Waals surface area contributed by atoms with Gasteiger partial charge >= 0.3 is 5.95 Å². The van der Waals surface area contributed by atoms with E-state index in [1.54, 1.807) is 0 Å². The normalized spacial score (nSPS) is 11.7. The van der Waals surface area contributed by atoms with Gasteiger partial charge in [-0.15, -0.1) is 0 Å². The summed E-state index contributed by atoms with van der Waals surface area (Å²) in [7, 11) is 0. The molecule has 6 nitrogen and oxygen atoms in total. The highest BCUT2D eigenvalue weighted by atomic mass is 16.6. The number of hydrogen-bond acceptors (Lipinski definition) is 4.